The van der Waals surface area contributed by atoms with Crippen LogP contribution in [0.2, 0.25) is 0 Å². The Morgan fingerprint density at radius 2 is 1.88 bits per heavy atom. The molecular weight excluding hydrogens is 364 g/mol. The van der Waals surface area contributed by atoms with Crippen molar-refractivity contribution < 1.29 is 5.11 Å². The summed E-state index contributed by atoms with van der Waals surface area (Å²) in [5, 5.41) is 19.2. The number of nitrogens with two attached hydrogens (primary N) is 1. The number of benzene rings is 2. The van der Waals surface area contributed by atoms with Crippen LogP contribution in [0.5, 0.6) is 5.75 Å². The van der Waals surface area contributed by atoms with Gasteiger partial charge < -0.3 is 10.8 Å². The van der Waals surface area contributed by atoms with E-state index < -0.39 is 0 Å². The Labute approximate surface area is 150 Å². The van der Waals surface area contributed by atoms with E-state index in [-0.39, 0.29) is 5.75 Å². The van der Waals surface area contributed by atoms with Crippen LogP contribution in [0.3, 0.4) is 0 Å². The minimum atomic E-state index is 0.164. The van der Waals surface area contributed by atoms with Crippen molar-refractivity contribution >= 4 is 27.1 Å². The SMILES string of the molecule is C=C(/C=C(\C(C#N)=C(\C)N)c1cccc(Br)c1)c1cccc(O)c1. The first kappa shape index (κ1) is 17.6. The second-order valence-electron chi connectivity index (χ2n) is 5.31. The molecule has 0 saturated carbocycles. The van der Waals surface area contributed by atoms with Crippen molar-refractivity contribution in [2.24, 2.45) is 5.73 Å². The van der Waals surface area contributed by atoms with Gasteiger partial charge in [-0.25, -0.2) is 0 Å². The van der Waals surface area contributed by atoms with Crippen molar-refractivity contribution in [3.63, 3.8) is 0 Å². The summed E-state index contributed by atoms with van der Waals surface area (Å²) in [6.07, 6.45) is 1.81. The maximum absolute atomic E-state index is 9.64. The Hall–Kier alpha value is -2.77. The van der Waals surface area contributed by atoms with Crippen LogP contribution in [0.25, 0.3) is 11.1 Å². The topological polar surface area (TPSA) is 70.0 Å². The van der Waals surface area contributed by atoms with Crippen molar-refractivity contribution in [1.29, 1.82) is 5.26 Å². The number of allylic oxidation sites excluding steroid dienone is 5. The summed E-state index contributed by atoms with van der Waals surface area (Å²) in [7, 11) is 0. The predicted octanol–water partition coefficient (Wildman–Crippen LogP) is 5.01. The fourth-order valence-corrected chi connectivity index (χ4v) is 2.68. The summed E-state index contributed by atoms with van der Waals surface area (Å²) in [5.74, 6) is 0.164. The Morgan fingerprint density at radius 3 is 2.46 bits per heavy atom. The largest absolute Gasteiger partial charge is 0.508 e. The highest BCUT2D eigenvalue weighted by molar-refractivity contribution is 9.10. The van der Waals surface area contributed by atoms with Gasteiger partial charge in [-0.15, -0.1) is 0 Å². The third-order valence-electron chi connectivity index (χ3n) is 3.45. The molecule has 4 heteroatoms. The summed E-state index contributed by atoms with van der Waals surface area (Å²) in [4.78, 5) is 0. The van der Waals surface area contributed by atoms with Gasteiger partial charge in [-0.1, -0.05) is 46.8 Å². The van der Waals surface area contributed by atoms with E-state index in [4.69, 9.17) is 5.73 Å². The maximum Gasteiger partial charge on any atom is 0.116 e. The second kappa shape index (κ2) is 7.67. The highest BCUT2D eigenvalue weighted by atomic mass is 79.9. The molecule has 0 unspecified atom stereocenters. The normalized spacial score (nSPS) is 12.3. The zero-order chi connectivity index (χ0) is 17.7. The van der Waals surface area contributed by atoms with E-state index in [0.717, 1.165) is 15.6 Å². The number of nitrogens with zero attached hydrogens (tertiary/aromatic N) is 1. The molecule has 0 fully saturated rings. The first-order valence-electron chi connectivity index (χ1n) is 7.25. The van der Waals surface area contributed by atoms with Gasteiger partial charge in [0, 0.05) is 15.7 Å². The van der Waals surface area contributed by atoms with Gasteiger partial charge in [0.2, 0.25) is 0 Å². The van der Waals surface area contributed by atoms with Gasteiger partial charge in [-0.05, 0) is 54.0 Å². The average Bonchev–Trinajstić information content (AvgIpc) is 2.54. The molecule has 0 aliphatic rings. The fourth-order valence-electron chi connectivity index (χ4n) is 2.28. The average molecular weight is 381 g/mol. The Bertz CT molecular complexity index is 885. The molecule has 0 heterocycles. The molecule has 0 aliphatic heterocycles. The molecule has 3 nitrogen and oxygen atoms in total. The number of aromatic hydroxyl groups is 1. The lowest BCUT2D eigenvalue weighted by Crippen LogP contribution is -2.00. The van der Waals surface area contributed by atoms with Gasteiger partial charge in [0.1, 0.15) is 11.8 Å². The molecule has 0 bridgehead atoms. The Balaban J connectivity index is 2.60. The van der Waals surface area contributed by atoms with Gasteiger partial charge in [-0.3, -0.25) is 0 Å². The van der Waals surface area contributed by atoms with Crippen molar-refractivity contribution in [2.75, 3.05) is 0 Å². The standard InChI is InChI=1S/C20H17BrN2O/c1-13(15-5-4-8-18(24)11-15)9-19(20(12-22)14(2)23)16-6-3-7-17(21)10-16/h3-11,24H,1,23H2,2H3/b19-9-,20-14-. The quantitative estimate of drug-likeness (QED) is 0.578. The minimum Gasteiger partial charge on any atom is -0.508 e. The molecule has 0 radical (unpaired) electrons. The zero-order valence-electron chi connectivity index (χ0n) is 13.3. The van der Waals surface area contributed by atoms with Gasteiger partial charge in [0.15, 0.2) is 0 Å². The third kappa shape index (κ3) is 4.15. The summed E-state index contributed by atoms with van der Waals surface area (Å²) < 4.78 is 0.904. The lowest BCUT2D eigenvalue weighted by molar-refractivity contribution is 0.475. The summed E-state index contributed by atoms with van der Waals surface area (Å²) in [6.45, 7) is 5.75. The van der Waals surface area contributed by atoms with Crippen LogP contribution in [-0.2, 0) is 0 Å². The first-order chi connectivity index (χ1) is 11.4. The van der Waals surface area contributed by atoms with Crippen molar-refractivity contribution in [1.82, 2.24) is 0 Å². The summed E-state index contributed by atoms with van der Waals surface area (Å²) in [5.41, 5.74) is 9.72. The van der Waals surface area contributed by atoms with E-state index in [9.17, 15) is 10.4 Å². The molecule has 0 spiro atoms. The lowest BCUT2D eigenvalue weighted by atomic mass is 9.93. The summed E-state index contributed by atoms with van der Waals surface area (Å²) >= 11 is 3.45. The maximum atomic E-state index is 9.64. The number of rotatable bonds is 4. The summed E-state index contributed by atoms with van der Waals surface area (Å²) in [6, 6.07) is 16.6. The number of phenolic OH excluding ortho intramolecular Hbond substituents is 1. The number of nitriles is 1. The monoisotopic (exact) mass is 380 g/mol. The number of hydrogen-bond donors (Lipinski definition) is 2. The number of halogens is 1. The van der Waals surface area contributed by atoms with Crippen LogP contribution >= 0.6 is 15.9 Å². The fraction of sp³-hybridized carbons (Fsp3) is 0.0500. The molecule has 0 aromatic heterocycles. The van der Waals surface area contributed by atoms with Crippen LogP contribution in [-0.4, -0.2) is 5.11 Å². The predicted molar refractivity (Wildman–Crippen MR) is 102 cm³/mol. The van der Waals surface area contributed by atoms with Gasteiger partial charge >= 0.3 is 0 Å². The van der Waals surface area contributed by atoms with Crippen molar-refractivity contribution in [3.05, 3.63) is 88.1 Å². The van der Waals surface area contributed by atoms with E-state index >= 15 is 0 Å². The molecule has 0 amide bonds. The molecule has 2 aromatic rings. The second-order valence-corrected chi connectivity index (χ2v) is 6.23. The molecule has 3 N–H and O–H groups in total. The Morgan fingerprint density at radius 1 is 1.21 bits per heavy atom. The van der Waals surface area contributed by atoms with E-state index in [1.165, 1.54) is 0 Å². The number of hydrogen-bond acceptors (Lipinski definition) is 3. The van der Waals surface area contributed by atoms with E-state index in [1.54, 1.807) is 25.1 Å². The smallest absolute Gasteiger partial charge is 0.116 e. The van der Waals surface area contributed by atoms with Crippen LogP contribution < -0.4 is 5.73 Å². The van der Waals surface area contributed by atoms with Crippen molar-refractivity contribution in [3.8, 4) is 11.8 Å². The molecule has 2 aromatic carbocycles. The van der Waals surface area contributed by atoms with Gasteiger partial charge in [0.25, 0.3) is 0 Å². The van der Waals surface area contributed by atoms with Gasteiger partial charge in [-0.2, -0.15) is 5.26 Å². The van der Waals surface area contributed by atoms with E-state index in [1.807, 2.05) is 36.4 Å². The van der Waals surface area contributed by atoms with Crippen LogP contribution in [0.15, 0.2) is 76.9 Å². The minimum absolute atomic E-state index is 0.164. The number of phenols is 1. The molecule has 2 rings (SSSR count). The van der Waals surface area contributed by atoms with E-state index in [0.29, 0.717) is 22.4 Å². The molecule has 120 valence electrons. The molecule has 0 saturated heterocycles. The molecule has 0 aliphatic carbocycles. The molecule has 0 atom stereocenters. The van der Waals surface area contributed by atoms with Crippen LogP contribution in [0, 0.1) is 11.3 Å². The molecule has 24 heavy (non-hydrogen) atoms. The molecular formula is C20H17BrN2O. The highest BCUT2D eigenvalue weighted by Crippen LogP contribution is 2.30. The zero-order valence-corrected chi connectivity index (χ0v) is 14.8. The van der Waals surface area contributed by atoms with Crippen molar-refractivity contribution in [2.45, 2.75) is 6.92 Å². The lowest BCUT2D eigenvalue weighted by Gasteiger charge is -2.11. The van der Waals surface area contributed by atoms with Crippen LogP contribution in [0.1, 0.15) is 18.1 Å². The first-order valence-corrected chi connectivity index (χ1v) is 8.04. The van der Waals surface area contributed by atoms with E-state index in [2.05, 4.69) is 28.6 Å². The Kier molecular flexibility index (Phi) is 5.62. The van der Waals surface area contributed by atoms with Gasteiger partial charge in [0.05, 0.1) is 5.57 Å². The third-order valence-corrected chi connectivity index (χ3v) is 3.94. The highest BCUT2D eigenvalue weighted by Gasteiger charge is 2.12. The van der Waals surface area contributed by atoms with Crippen LogP contribution in [0.4, 0.5) is 0 Å².